The first kappa shape index (κ1) is 11.6. The molecule has 1 aromatic heterocycles. The number of nitrogens with zero attached hydrogens (tertiary/aromatic N) is 2. The van der Waals surface area contributed by atoms with Crippen molar-refractivity contribution in [3.63, 3.8) is 0 Å². The lowest BCUT2D eigenvalue weighted by atomic mass is 9.89. The number of rotatable bonds is 4. The molecule has 0 amide bonds. The maximum atomic E-state index is 4.46. The van der Waals surface area contributed by atoms with E-state index in [1.807, 2.05) is 18.4 Å². The molecule has 0 spiro atoms. The minimum absolute atomic E-state index is 0.389. The quantitative estimate of drug-likeness (QED) is 0.893. The molecule has 2 fully saturated rings. The molecule has 17 heavy (non-hydrogen) atoms. The number of fused-ring (bicyclic) bond motifs is 2. The third kappa shape index (κ3) is 2.02. The molecule has 3 rings (SSSR count). The Morgan fingerprint density at radius 1 is 1.35 bits per heavy atom. The smallest absolute Gasteiger partial charge is 0.134 e. The lowest BCUT2D eigenvalue weighted by Gasteiger charge is -2.18. The molecule has 1 N–H and O–H groups in total. The molecule has 2 aliphatic rings. The largest absolute Gasteiger partial charge is 0.311 e. The summed E-state index contributed by atoms with van der Waals surface area (Å²) in [6.07, 6.45) is 6.79. The molecule has 0 aliphatic heterocycles. The van der Waals surface area contributed by atoms with Crippen LogP contribution in [0.1, 0.15) is 61.0 Å². The van der Waals surface area contributed by atoms with Gasteiger partial charge in [-0.15, -0.1) is 10.2 Å². The van der Waals surface area contributed by atoms with Crippen LogP contribution < -0.4 is 5.32 Å². The monoisotopic (exact) mass is 251 g/mol. The molecule has 4 atom stereocenters. The van der Waals surface area contributed by atoms with Crippen LogP contribution in [0.5, 0.6) is 0 Å². The van der Waals surface area contributed by atoms with Gasteiger partial charge in [0.1, 0.15) is 10.0 Å². The molecule has 0 saturated heterocycles. The minimum atomic E-state index is 0.389. The van der Waals surface area contributed by atoms with Gasteiger partial charge in [0, 0.05) is 5.92 Å². The Labute approximate surface area is 107 Å². The number of aromatic nitrogens is 2. The molecule has 2 saturated carbocycles. The van der Waals surface area contributed by atoms with E-state index >= 15 is 0 Å². The van der Waals surface area contributed by atoms with Crippen molar-refractivity contribution in [1.82, 2.24) is 15.5 Å². The zero-order valence-electron chi connectivity index (χ0n) is 10.6. The highest BCUT2D eigenvalue weighted by atomic mass is 32.1. The highest BCUT2D eigenvalue weighted by molar-refractivity contribution is 7.11. The molecule has 1 aromatic rings. The molecular weight excluding hydrogens is 230 g/mol. The van der Waals surface area contributed by atoms with Gasteiger partial charge in [0.25, 0.3) is 0 Å². The minimum Gasteiger partial charge on any atom is -0.311 e. The van der Waals surface area contributed by atoms with E-state index in [9.17, 15) is 0 Å². The van der Waals surface area contributed by atoms with Crippen LogP contribution in [-0.4, -0.2) is 17.2 Å². The van der Waals surface area contributed by atoms with Gasteiger partial charge in [-0.05, 0) is 44.6 Å². The summed E-state index contributed by atoms with van der Waals surface area (Å²) in [5.41, 5.74) is 0. The van der Waals surface area contributed by atoms with Crippen molar-refractivity contribution in [2.75, 3.05) is 7.05 Å². The second-order valence-electron chi connectivity index (χ2n) is 5.51. The van der Waals surface area contributed by atoms with Crippen LogP contribution in [0, 0.1) is 11.8 Å². The summed E-state index contributed by atoms with van der Waals surface area (Å²) in [4.78, 5) is 0. The molecular formula is C13H21N3S. The van der Waals surface area contributed by atoms with Crippen molar-refractivity contribution < 1.29 is 0 Å². The van der Waals surface area contributed by atoms with Crippen molar-refractivity contribution in [1.29, 1.82) is 0 Å². The van der Waals surface area contributed by atoms with Gasteiger partial charge in [-0.25, -0.2) is 0 Å². The zero-order valence-corrected chi connectivity index (χ0v) is 11.5. The van der Waals surface area contributed by atoms with Crippen LogP contribution in [0.4, 0.5) is 0 Å². The molecule has 4 unspecified atom stereocenters. The highest BCUT2D eigenvalue weighted by Crippen LogP contribution is 2.53. The average molecular weight is 251 g/mol. The van der Waals surface area contributed by atoms with E-state index in [0.717, 1.165) is 24.2 Å². The van der Waals surface area contributed by atoms with Gasteiger partial charge < -0.3 is 5.32 Å². The van der Waals surface area contributed by atoms with Gasteiger partial charge in [0.15, 0.2) is 0 Å². The van der Waals surface area contributed by atoms with Crippen molar-refractivity contribution in [2.45, 2.75) is 51.0 Å². The lowest BCUT2D eigenvalue weighted by molar-refractivity contribution is 0.417. The van der Waals surface area contributed by atoms with E-state index in [0.29, 0.717) is 6.04 Å². The van der Waals surface area contributed by atoms with Gasteiger partial charge in [-0.2, -0.15) is 0 Å². The first-order valence-corrected chi connectivity index (χ1v) is 7.64. The Balaban J connectivity index is 1.76. The van der Waals surface area contributed by atoms with Gasteiger partial charge in [-0.1, -0.05) is 24.7 Å². The molecule has 0 radical (unpaired) electrons. The fraction of sp³-hybridized carbons (Fsp3) is 0.846. The van der Waals surface area contributed by atoms with Crippen LogP contribution in [0.15, 0.2) is 0 Å². The van der Waals surface area contributed by atoms with Gasteiger partial charge in [-0.3, -0.25) is 0 Å². The van der Waals surface area contributed by atoms with E-state index in [4.69, 9.17) is 0 Å². The Hall–Kier alpha value is -0.480. The summed E-state index contributed by atoms with van der Waals surface area (Å²) in [6, 6.07) is 0.389. The standard InChI is InChI=1S/C13H21N3S/c1-3-11(14-2)13-16-15-12(17-13)10-7-8-4-5-9(10)6-8/h8-11,14H,3-7H2,1-2H3. The predicted molar refractivity (Wildman–Crippen MR) is 70.2 cm³/mol. The first-order valence-electron chi connectivity index (χ1n) is 6.82. The summed E-state index contributed by atoms with van der Waals surface area (Å²) in [5, 5.41) is 14.6. The number of nitrogens with one attached hydrogen (secondary N) is 1. The summed E-state index contributed by atoms with van der Waals surface area (Å²) in [5.74, 6) is 2.63. The van der Waals surface area contributed by atoms with Crippen LogP contribution in [0.25, 0.3) is 0 Å². The van der Waals surface area contributed by atoms with Crippen LogP contribution >= 0.6 is 11.3 Å². The molecule has 94 valence electrons. The van der Waals surface area contributed by atoms with E-state index in [1.54, 1.807) is 0 Å². The van der Waals surface area contributed by atoms with Gasteiger partial charge in [0.05, 0.1) is 6.04 Å². The second kappa shape index (κ2) is 4.65. The molecule has 2 bridgehead atoms. The fourth-order valence-electron chi connectivity index (χ4n) is 3.59. The van der Waals surface area contributed by atoms with Crippen molar-refractivity contribution >= 4 is 11.3 Å². The van der Waals surface area contributed by atoms with Crippen molar-refractivity contribution in [3.8, 4) is 0 Å². The van der Waals surface area contributed by atoms with E-state index < -0.39 is 0 Å². The van der Waals surface area contributed by atoms with E-state index in [-0.39, 0.29) is 0 Å². The Bertz CT molecular complexity index is 386. The Kier molecular flexibility index (Phi) is 3.17. The predicted octanol–water partition coefficient (Wildman–Crippen LogP) is 3.11. The Morgan fingerprint density at radius 2 is 2.24 bits per heavy atom. The maximum Gasteiger partial charge on any atom is 0.134 e. The summed E-state index contributed by atoms with van der Waals surface area (Å²) in [7, 11) is 2.01. The fourth-order valence-corrected chi connectivity index (χ4v) is 4.83. The third-order valence-corrected chi connectivity index (χ3v) is 5.74. The van der Waals surface area contributed by atoms with Crippen molar-refractivity contribution in [3.05, 3.63) is 10.0 Å². The molecule has 4 heteroatoms. The summed E-state index contributed by atoms with van der Waals surface area (Å²) in [6.45, 7) is 2.19. The second-order valence-corrected chi connectivity index (χ2v) is 6.55. The first-order chi connectivity index (χ1) is 8.31. The van der Waals surface area contributed by atoms with E-state index in [1.165, 1.54) is 35.7 Å². The SMILES string of the molecule is CCC(NC)c1nnc(C2CC3CCC2C3)s1. The normalized spacial score (nSPS) is 33.2. The van der Waals surface area contributed by atoms with Gasteiger partial charge in [0.2, 0.25) is 0 Å². The van der Waals surface area contributed by atoms with Crippen LogP contribution in [0.3, 0.4) is 0 Å². The van der Waals surface area contributed by atoms with Gasteiger partial charge >= 0.3 is 0 Å². The number of hydrogen-bond donors (Lipinski definition) is 1. The molecule has 2 aliphatic carbocycles. The molecule has 1 heterocycles. The summed E-state index contributed by atoms with van der Waals surface area (Å²) < 4.78 is 0. The third-order valence-electron chi connectivity index (χ3n) is 4.57. The maximum absolute atomic E-state index is 4.46. The molecule has 0 aromatic carbocycles. The molecule has 3 nitrogen and oxygen atoms in total. The van der Waals surface area contributed by atoms with E-state index in [2.05, 4.69) is 22.4 Å². The lowest BCUT2D eigenvalue weighted by Crippen LogP contribution is -2.14. The average Bonchev–Trinajstić information content (AvgIpc) is 3.06. The summed E-state index contributed by atoms with van der Waals surface area (Å²) >= 11 is 1.84. The number of hydrogen-bond acceptors (Lipinski definition) is 4. The Morgan fingerprint density at radius 3 is 2.82 bits per heavy atom. The highest BCUT2D eigenvalue weighted by Gasteiger charge is 2.41. The van der Waals surface area contributed by atoms with Crippen LogP contribution in [-0.2, 0) is 0 Å². The van der Waals surface area contributed by atoms with Crippen LogP contribution in [0.2, 0.25) is 0 Å². The van der Waals surface area contributed by atoms with Crippen molar-refractivity contribution in [2.24, 2.45) is 11.8 Å². The topological polar surface area (TPSA) is 37.8 Å². The zero-order chi connectivity index (χ0) is 11.8.